The van der Waals surface area contributed by atoms with Gasteiger partial charge in [0.1, 0.15) is 5.65 Å². The Balaban J connectivity index is 1.90. The molecular formula is C16H15N3O2. The molecule has 0 bridgehead atoms. The Morgan fingerprint density at radius 1 is 1.29 bits per heavy atom. The van der Waals surface area contributed by atoms with Gasteiger partial charge in [-0.3, -0.25) is 5.32 Å². The molecule has 0 aliphatic heterocycles. The fourth-order valence-electron chi connectivity index (χ4n) is 2.14. The minimum Gasteiger partial charge on any atom is -0.450 e. The molecule has 0 spiro atoms. The van der Waals surface area contributed by atoms with Gasteiger partial charge in [-0.15, -0.1) is 0 Å². The Kier molecular flexibility index (Phi) is 3.55. The first-order valence-electron chi connectivity index (χ1n) is 6.74. The molecule has 0 aliphatic rings. The molecule has 21 heavy (non-hydrogen) atoms. The molecule has 5 heteroatoms. The van der Waals surface area contributed by atoms with Crippen molar-refractivity contribution in [1.29, 1.82) is 0 Å². The molecule has 0 radical (unpaired) electrons. The summed E-state index contributed by atoms with van der Waals surface area (Å²) in [5.41, 5.74) is 3.48. The summed E-state index contributed by atoms with van der Waals surface area (Å²) < 4.78 is 4.85. The van der Waals surface area contributed by atoms with Crippen LogP contribution >= 0.6 is 0 Å². The van der Waals surface area contributed by atoms with E-state index in [1.807, 2.05) is 42.5 Å². The van der Waals surface area contributed by atoms with Gasteiger partial charge in [0.25, 0.3) is 0 Å². The molecule has 2 N–H and O–H groups in total. The highest BCUT2D eigenvalue weighted by atomic mass is 16.5. The van der Waals surface area contributed by atoms with Crippen molar-refractivity contribution in [3.8, 4) is 11.3 Å². The monoisotopic (exact) mass is 281 g/mol. The number of rotatable bonds is 3. The van der Waals surface area contributed by atoms with Crippen LogP contribution in [-0.4, -0.2) is 22.7 Å². The van der Waals surface area contributed by atoms with Gasteiger partial charge in [0.2, 0.25) is 0 Å². The second kappa shape index (κ2) is 5.66. The number of H-pyrrole nitrogens is 1. The summed E-state index contributed by atoms with van der Waals surface area (Å²) in [6.07, 6.45) is 1.13. The highest BCUT2D eigenvalue weighted by Gasteiger charge is 2.07. The van der Waals surface area contributed by atoms with Gasteiger partial charge in [-0.1, -0.05) is 30.3 Å². The van der Waals surface area contributed by atoms with Crippen LogP contribution in [0.5, 0.6) is 0 Å². The van der Waals surface area contributed by atoms with Crippen molar-refractivity contribution in [1.82, 2.24) is 9.97 Å². The number of aromatic amines is 1. The van der Waals surface area contributed by atoms with E-state index in [4.69, 9.17) is 4.74 Å². The number of amides is 1. The van der Waals surface area contributed by atoms with Gasteiger partial charge in [0, 0.05) is 11.1 Å². The molecule has 0 saturated heterocycles. The average Bonchev–Trinajstić information content (AvgIpc) is 2.91. The van der Waals surface area contributed by atoms with E-state index in [1.165, 1.54) is 0 Å². The van der Waals surface area contributed by atoms with Crippen molar-refractivity contribution in [3.05, 3.63) is 48.7 Å². The van der Waals surface area contributed by atoms with Crippen LogP contribution in [0.3, 0.4) is 0 Å². The quantitative estimate of drug-likeness (QED) is 0.767. The van der Waals surface area contributed by atoms with Crippen molar-refractivity contribution in [3.63, 3.8) is 0 Å². The summed E-state index contributed by atoms with van der Waals surface area (Å²) in [5, 5.41) is 3.58. The van der Waals surface area contributed by atoms with Gasteiger partial charge in [-0.25, -0.2) is 9.78 Å². The van der Waals surface area contributed by atoms with Crippen LogP contribution in [0.25, 0.3) is 22.3 Å². The molecule has 1 aromatic carbocycles. The van der Waals surface area contributed by atoms with E-state index in [2.05, 4.69) is 15.3 Å². The van der Waals surface area contributed by atoms with Gasteiger partial charge in [-0.2, -0.15) is 0 Å². The number of nitrogens with zero attached hydrogens (tertiary/aromatic N) is 1. The normalized spacial score (nSPS) is 10.5. The lowest BCUT2D eigenvalue weighted by molar-refractivity contribution is 0.168. The molecule has 3 aromatic rings. The lowest BCUT2D eigenvalue weighted by Gasteiger charge is -2.04. The van der Waals surface area contributed by atoms with Gasteiger partial charge >= 0.3 is 6.09 Å². The summed E-state index contributed by atoms with van der Waals surface area (Å²) >= 11 is 0. The number of carbonyl (C=O) groups is 1. The largest absolute Gasteiger partial charge is 0.450 e. The summed E-state index contributed by atoms with van der Waals surface area (Å²) in [7, 11) is 0. The summed E-state index contributed by atoms with van der Waals surface area (Å²) in [4.78, 5) is 19.0. The number of pyridine rings is 1. The third-order valence-electron chi connectivity index (χ3n) is 3.08. The van der Waals surface area contributed by atoms with Crippen LogP contribution < -0.4 is 5.32 Å². The standard InChI is InChI=1S/C16H15N3O2/c1-2-21-16(20)18-13-8-12-9-14(19-15(12)17-10-13)11-6-4-3-5-7-11/h3-10H,2H2,1H3,(H,17,19)(H,18,20). The van der Waals surface area contributed by atoms with Crippen LogP contribution in [0, 0.1) is 0 Å². The highest BCUT2D eigenvalue weighted by molar-refractivity contribution is 5.90. The Bertz CT molecular complexity index is 766. The van der Waals surface area contributed by atoms with Crippen LogP contribution in [0.15, 0.2) is 48.7 Å². The van der Waals surface area contributed by atoms with E-state index in [0.717, 1.165) is 22.3 Å². The Morgan fingerprint density at radius 3 is 2.86 bits per heavy atom. The fourth-order valence-corrected chi connectivity index (χ4v) is 2.14. The molecular weight excluding hydrogens is 266 g/mol. The van der Waals surface area contributed by atoms with Crippen molar-refractivity contribution >= 4 is 22.8 Å². The zero-order valence-electron chi connectivity index (χ0n) is 11.6. The molecule has 106 valence electrons. The van der Waals surface area contributed by atoms with E-state index < -0.39 is 6.09 Å². The van der Waals surface area contributed by atoms with E-state index >= 15 is 0 Å². The van der Waals surface area contributed by atoms with E-state index in [-0.39, 0.29) is 0 Å². The lowest BCUT2D eigenvalue weighted by atomic mass is 10.1. The molecule has 3 rings (SSSR count). The summed E-state index contributed by atoms with van der Waals surface area (Å²) in [5.74, 6) is 0. The van der Waals surface area contributed by atoms with Crippen molar-refractivity contribution in [2.24, 2.45) is 0 Å². The van der Waals surface area contributed by atoms with Crippen LogP contribution in [0.4, 0.5) is 10.5 Å². The van der Waals surface area contributed by atoms with Gasteiger partial charge in [0.15, 0.2) is 0 Å². The third kappa shape index (κ3) is 2.86. The molecule has 0 saturated carbocycles. The van der Waals surface area contributed by atoms with Crippen molar-refractivity contribution in [2.45, 2.75) is 6.92 Å². The topological polar surface area (TPSA) is 67.0 Å². The maximum absolute atomic E-state index is 11.4. The van der Waals surface area contributed by atoms with Gasteiger partial charge < -0.3 is 9.72 Å². The number of carbonyl (C=O) groups excluding carboxylic acids is 1. The maximum atomic E-state index is 11.4. The summed E-state index contributed by atoms with van der Waals surface area (Å²) in [6.45, 7) is 2.10. The predicted molar refractivity (Wildman–Crippen MR) is 82.2 cm³/mol. The Hall–Kier alpha value is -2.82. The van der Waals surface area contributed by atoms with Crippen LogP contribution in [0.1, 0.15) is 6.92 Å². The van der Waals surface area contributed by atoms with E-state index in [1.54, 1.807) is 13.1 Å². The first-order chi connectivity index (χ1) is 10.3. The zero-order valence-corrected chi connectivity index (χ0v) is 11.6. The number of aromatic nitrogens is 2. The Labute approximate surface area is 122 Å². The zero-order chi connectivity index (χ0) is 14.7. The number of hydrogen-bond donors (Lipinski definition) is 2. The minimum absolute atomic E-state index is 0.337. The van der Waals surface area contributed by atoms with E-state index in [9.17, 15) is 4.79 Å². The number of anilines is 1. The smallest absolute Gasteiger partial charge is 0.411 e. The second-order valence-electron chi connectivity index (χ2n) is 4.56. The third-order valence-corrected chi connectivity index (χ3v) is 3.08. The second-order valence-corrected chi connectivity index (χ2v) is 4.56. The first-order valence-corrected chi connectivity index (χ1v) is 6.74. The number of fused-ring (bicyclic) bond motifs is 1. The molecule has 0 atom stereocenters. The fraction of sp³-hybridized carbons (Fsp3) is 0.125. The van der Waals surface area contributed by atoms with Gasteiger partial charge in [0.05, 0.1) is 18.5 Å². The number of benzene rings is 1. The van der Waals surface area contributed by atoms with Crippen LogP contribution in [0.2, 0.25) is 0 Å². The Morgan fingerprint density at radius 2 is 2.10 bits per heavy atom. The van der Waals surface area contributed by atoms with E-state index in [0.29, 0.717) is 12.3 Å². The molecule has 0 unspecified atom stereocenters. The number of ether oxygens (including phenoxy) is 1. The molecule has 1 amide bonds. The molecule has 0 fully saturated rings. The maximum Gasteiger partial charge on any atom is 0.411 e. The van der Waals surface area contributed by atoms with Crippen molar-refractivity contribution in [2.75, 3.05) is 11.9 Å². The first kappa shape index (κ1) is 13.2. The summed E-state index contributed by atoms with van der Waals surface area (Å²) in [6, 6.07) is 13.9. The molecule has 5 nitrogen and oxygen atoms in total. The van der Waals surface area contributed by atoms with Gasteiger partial charge in [-0.05, 0) is 24.6 Å². The lowest BCUT2D eigenvalue weighted by Crippen LogP contribution is -2.13. The molecule has 0 aliphatic carbocycles. The number of hydrogen-bond acceptors (Lipinski definition) is 3. The SMILES string of the molecule is CCOC(=O)Nc1cnc2[nH]c(-c3ccccc3)cc2c1. The number of nitrogens with one attached hydrogen (secondary N) is 2. The highest BCUT2D eigenvalue weighted by Crippen LogP contribution is 2.24. The minimum atomic E-state index is -0.475. The predicted octanol–water partition coefficient (Wildman–Crippen LogP) is 3.80. The van der Waals surface area contributed by atoms with Crippen LogP contribution in [-0.2, 0) is 4.74 Å². The molecule has 2 heterocycles. The molecule has 2 aromatic heterocycles. The average molecular weight is 281 g/mol. The van der Waals surface area contributed by atoms with Crippen molar-refractivity contribution < 1.29 is 9.53 Å².